The molecule has 5 heteroatoms. The van der Waals surface area contributed by atoms with Gasteiger partial charge in [0.15, 0.2) is 5.13 Å². The Balaban J connectivity index is 2.07. The molecule has 2 aromatic rings. The van der Waals surface area contributed by atoms with Crippen LogP contribution in [-0.4, -0.2) is 30.2 Å². The molecule has 20 heavy (non-hydrogen) atoms. The predicted molar refractivity (Wildman–Crippen MR) is 81.4 cm³/mol. The molecule has 1 atom stereocenters. The Hall–Kier alpha value is -1.88. The second-order valence-corrected chi connectivity index (χ2v) is 5.78. The summed E-state index contributed by atoms with van der Waals surface area (Å²) in [5.74, 6) is -1.21. The average Bonchev–Trinajstić information content (AvgIpc) is 2.88. The Bertz CT molecular complexity index is 566. The summed E-state index contributed by atoms with van der Waals surface area (Å²) in [7, 11) is 3.86. The van der Waals surface area contributed by atoms with Gasteiger partial charge in [0.25, 0.3) is 0 Å². The molecule has 1 heterocycles. The Kier molecular flexibility index (Phi) is 4.74. The zero-order chi connectivity index (χ0) is 14.5. The van der Waals surface area contributed by atoms with E-state index in [2.05, 4.69) is 4.98 Å². The lowest BCUT2D eigenvalue weighted by Crippen LogP contribution is -2.19. The van der Waals surface area contributed by atoms with E-state index in [4.69, 9.17) is 0 Å². The van der Waals surface area contributed by atoms with Gasteiger partial charge in [0.1, 0.15) is 0 Å². The molecular formula is C15H18N2O2S. The van der Waals surface area contributed by atoms with Crippen molar-refractivity contribution in [1.82, 2.24) is 4.98 Å². The van der Waals surface area contributed by atoms with Crippen LogP contribution in [0.5, 0.6) is 0 Å². The molecule has 0 radical (unpaired) electrons. The van der Waals surface area contributed by atoms with Crippen LogP contribution in [0.2, 0.25) is 0 Å². The fourth-order valence-corrected chi connectivity index (χ4v) is 2.76. The number of carbonyl (C=O) groups is 1. The number of aromatic nitrogens is 1. The van der Waals surface area contributed by atoms with Crippen molar-refractivity contribution in [2.24, 2.45) is 5.92 Å². The molecule has 0 amide bonds. The summed E-state index contributed by atoms with van der Waals surface area (Å²) in [6, 6.07) is 9.72. The summed E-state index contributed by atoms with van der Waals surface area (Å²) in [6.07, 6.45) is 1.000. The summed E-state index contributed by atoms with van der Waals surface area (Å²) < 4.78 is 0. The van der Waals surface area contributed by atoms with E-state index in [0.717, 1.165) is 16.4 Å². The fraction of sp³-hybridized carbons (Fsp3) is 0.333. The second kappa shape index (κ2) is 6.52. The van der Waals surface area contributed by atoms with E-state index < -0.39 is 11.9 Å². The van der Waals surface area contributed by atoms with E-state index in [1.165, 1.54) is 11.3 Å². The molecule has 0 fully saturated rings. The minimum Gasteiger partial charge on any atom is -0.481 e. The van der Waals surface area contributed by atoms with E-state index in [-0.39, 0.29) is 0 Å². The maximum atomic E-state index is 11.4. The first-order valence-corrected chi connectivity index (χ1v) is 7.32. The summed E-state index contributed by atoms with van der Waals surface area (Å²) in [5, 5.41) is 12.2. The number of aliphatic carboxylic acids is 1. The average molecular weight is 290 g/mol. The van der Waals surface area contributed by atoms with Gasteiger partial charge in [-0.05, 0) is 12.0 Å². The molecule has 2 rings (SSSR count). The lowest BCUT2D eigenvalue weighted by atomic mass is 9.95. The normalized spacial score (nSPS) is 12.1. The quantitative estimate of drug-likeness (QED) is 0.888. The number of carboxylic acid groups (broad SMARTS) is 1. The van der Waals surface area contributed by atoms with Crippen LogP contribution < -0.4 is 4.90 Å². The van der Waals surface area contributed by atoms with E-state index in [1.807, 2.05) is 54.7 Å². The number of benzene rings is 1. The summed E-state index contributed by atoms with van der Waals surface area (Å²) in [4.78, 5) is 17.8. The van der Waals surface area contributed by atoms with Crippen molar-refractivity contribution in [2.75, 3.05) is 19.0 Å². The smallest absolute Gasteiger partial charge is 0.307 e. The fourth-order valence-electron chi connectivity index (χ4n) is 1.99. The Morgan fingerprint density at radius 1 is 1.30 bits per heavy atom. The third-order valence-corrected chi connectivity index (χ3v) is 4.11. The monoisotopic (exact) mass is 290 g/mol. The number of hydrogen-bond donors (Lipinski definition) is 1. The Labute approximate surface area is 122 Å². The highest BCUT2D eigenvalue weighted by Gasteiger charge is 2.20. The van der Waals surface area contributed by atoms with Crippen molar-refractivity contribution in [1.29, 1.82) is 0 Å². The van der Waals surface area contributed by atoms with Crippen LogP contribution in [0.4, 0.5) is 5.13 Å². The van der Waals surface area contributed by atoms with Gasteiger partial charge >= 0.3 is 5.97 Å². The molecule has 4 nitrogen and oxygen atoms in total. The lowest BCUT2D eigenvalue weighted by molar-refractivity contribution is -0.141. The van der Waals surface area contributed by atoms with E-state index in [1.54, 1.807) is 0 Å². The molecular weight excluding hydrogens is 272 g/mol. The highest BCUT2D eigenvalue weighted by molar-refractivity contribution is 7.13. The van der Waals surface area contributed by atoms with E-state index in [9.17, 15) is 9.90 Å². The van der Waals surface area contributed by atoms with Crippen molar-refractivity contribution in [3.8, 4) is 0 Å². The third kappa shape index (κ3) is 3.81. The highest BCUT2D eigenvalue weighted by atomic mass is 32.1. The SMILES string of the molecule is CN(C)c1nc(C[C@@H](Cc2ccccc2)C(=O)O)cs1. The first-order chi connectivity index (χ1) is 9.56. The second-order valence-electron chi connectivity index (χ2n) is 4.94. The molecule has 0 spiro atoms. The maximum Gasteiger partial charge on any atom is 0.307 e. The number of hydrogen-bond acceptors (Lipinski definition) is 4. The third-order valence-electron chi connectivity index (χ3n) is 3.05. The van der Waals surface area contributed by atoms with Gasteiger partial charge in [-0.1, -0.05) is 30.3 Å². The standard InChI is InChI=1S/C15H18N2O2S/c1-17(2)15-16-13(10-20-15)9-12(14(18)19)8-11-6-4-3-5-7-11/h3-7,10,12H,8-9H2,1-2H3,(H,18,19)/t12-/m1/s1. The molecule has 0 saturated heterocycles. The van der Waals surface area contributed by atoms with Crippen LogP contribution in [0, 0.1) is 5.92 Å². The number of rotatable bonds is 6. The van der Waals surface area contributed by atoms with Crippen molar-refractivity contribution in [2.45, 2.75) is 12.8 Å². The van der Waals surface area contributed by atoms with Crippen molar-refractivity contribution >= 4 is 22.4 Å². The van der Waals surface area contributed by atoms with Crippen LogP contribution in [0.15, 0.2) is 35.7 Å². The first kappa shape index (κ1) is 14.5. The van der Waals surface area contributed by atoms with Crippen LogP contribution >= 0.6 is 11.3 Å². The predicted octanol–water partition coefficient (Wildman–Crippen LogP) is 2.70. The molecule has 0 aliphatic carbocycles. The van der Waals surface area contributed by atoms with Gasteiger partial charge in [-0.25, -0.2) is 4.98 Å². The summed E-state index contributed by atoms with van der Waals surface area (Å²) in [6.45, 7) is 0. The number of carboxylic acids is 1. The van der Waals surface area contributed by atoms with Crippen LogP contribution in [0.1, 0.15) is 11.3 Å². The van der Waals surface area contributed by atoms with Gasteiger partial charge in [0, 0.05) is 25.9 Å². The van der Waals surface area contributed by atoms with Gasteiger partial charge in [0.2, 0.25) is 0 Å². The molecule has 0 bridgehead atoms. The molecule has 1 N–H and O–H groups in total. The van der Waals surface area contributed by atoms with Gasteiger partial charge < -0.3 is 10.0 Å². The highest BCUT2D eigenvalue weighted by Crippen LogP contribution is 2.21. The molecule has 0 saturated carbocycles. The molecule has 0 aliphatic heterocycles. The maximum absolute atomic E-state index is 11.4. The minimum atomic E-state index is -0.770. The molecule has 1 aromatic heterocycles. The van der Waals surface area contributed by atoms with Gasteiger partial charge in [-0.15, -0.1) is 11.3 Å². The summed E-state index contributed by atoms with van der Waals surface area (Å²) in [5.41, 5.74) is 1.89. The molecule has 0 aliphatic rings. The number of anilines is 1. The first-order valence-electron chi connectivity index (χ1n) is 6.44. The lowest BCUT2D eigenvalue weighted by Gasteiger charge is -2.11. The van der Waals surface area contributed by atoms with Gasteiger partial charge in [-0.2, -0.15) is 0 Å². The van der Waals surface area contributed by atoms with Crippen molar-refractivity contribution in [3.05, 3.63) is 47.0 Å². The van der Waals surface area contributed by atoms with Gasteiger partial charge in [-0.3, -0.25) is 4.79 Å². The van der Waals surface area contributed by atoms with Crippen LogP contribution in [0.25, 0.3) is 0 Å². The van der Waals surface area contributed by atoms with Crippen molar-refractivity contribution in [3.63, 3.8) is 0 Å². The Morgan fingerprint density at radius 2 is 2.00 bits per heavy atom. The number of thiazole rings is 1. The zero-order valence-electron chi connectivity index (χ0n) is 11.6. The molecule has 1 aromatic carbocycles. The Morgan fingerprint density at radius 3 is 2.55 bits per heavy atom. The topological polar surface area (TPSA) is 53.4 Å². The largest absolute Gasteiger partial charge is 0.481 e. The van der Waals surface area contributed by atoms with E-state index >= 15 is 0 Å². The van der Waals surface area contributed by atoms with Crippen LogP contribution in [0.3, 0.4) is 0 Å². The minimum absolute atomic E-state index is 0.436. The van der Waals surface area contributed by atoms with E-state index in [0.29, 0.717) is 12.8 Å². The van der Waals surface area contributed by atoms with Gasteiger partial charge in [0.05, 0.1) is 11.6 Å². The molecule has 0 unspecified atom stereocenters. The zero-order valence-corrected chi connectivity index (χ0v) is 12.4. The number of nitrogens with zero attached hydrogens (tertiary/aromatic N) is 2. The van der Waals surface area contributed by atoms with Crippen molar-refractivity contribution < 1.29 is 9.90 Å². The molecule has 106 valence electrons. The summed E-state index contributed by atoms with van der Waals surface area (Å²) >= 11 is 1.54. The van der Waals surface area contributed by atoms with Crippen LogP contribution in [-0.2, 0) is 17.6 Å².